The van der Waals surface area contributed by atoms with E-state index in [1.807, 2.05) is 0 Å². The van der Waals surface area contributed by atoms with Crippen molar-refractivity contribution >= 4 is 33.4 Å². The fraction of sp³-hybridized carbons (Fsp3) is 0.400. The van der Waals surface area contributed by atoms with E-state index in [9.17, 15) is 18.0 Å². The maximum atomic E-state index is 12.7. The van der Waals surface area contributed by atoms with Gasteiger partial charge in [-0.05, 0) is 18.2 Å². The fourth-order valence-corrected chi connectivity index (χ4v) is 3.68. The lowest BCUT2D eigenvalue weighted by Gasteiger charge is -2.34. The lowest BCUT2D eigenvalue weighted by molar-refractivity contribution is -0.138. The molecule has 1 aliphatic heterocycles. The number of rotatable bonds is 2. The number of benzene rings is 1. The highest BCUT2D eigenvalue weighted by Crippen LogP contribution is 2.34. The number of nitrogens with zero attached hydrogens (tertiary/aromatic N) is 7. The molecule has 0 saturated carbocycles. The van der Waals surface area contributed by atoms with Gasteiger partial charge in [-0.1, -0.05) is 16.6 Å². The van der Waals surface area contributed by atoms with Crippen molar-refractivity contribution in [3.8, 4) is 0 Å². The van der Waals surface area contributed by atoms with Gasteiger partial charge >= 0.3 is 6.18 Å². The Morgan fingerprint density at radius 2 is 1.85 bits per heavy atom. The topological polar surface area (TPSA) is 80.0 Å². The van der Waals surface area contributed by atoms with Crippen LogP contribution in [0.3, 0.4) is 0 Å². The normalized spacial score (nSPS) is 15.6. The number of anilines is 1. The van der Waals surface area contributed by atoms with E-state index in [0.717, 1.165) is 5.52 Å². The molecule has 1 aromatic carbocycles. The molecule has 0 radical (unpaired) electrons. The summed E-state index contributed by atoms with van der Waals surface area (Å²) in [5.74, 6) is -0.143. The summed E-state index contributed by atoms with van der Waals surface area (Å²) in [6, 6.07) is 5.21. The number of fused-ring (bicyclic) bond motifs is 1. The zero-order valence-electron chi connectivity index (χ0n) is 14.1. The summed E-state index contributed by atoms with van der Waals surface area (Å²) in [5.41, 5.74) is 1.97. The van der Waals surface area contributed by atoms with E-state index in [4.69, 9.17) is 0 Å². The minimum atomic E-state index is -4.49. The monoisotopic (exact) mass is 397 g/mol. The van der Waals surface area contributed by atoms with Crippen molar-refractivity contribution in [3.63, 3.8) is 0 Å². The van der Waals surface area contributed by atoms with E-state index in [0.29, 0.717) is 48.6 Å². The third-order valence-electron chi connectivity index (χ3n) is 4.35. The number of aromatic nitrogens is 5. The van der Waals surface area contributed by atoms with Gasteiger partial charge in [-0.2, -0.15) is 13.2 Å². The van der Waals surface area contributed by atoms with Gasteiger partial charge in [-0.15, -0.1) is 15.3 Å². The van der Waals surface area contributed by atoms with Crippen molar-refractivity contribution < 1.29 is 18.0 Å². The van der Waals surface area contributed by atoms with Gasteiger partial charge in [0, 0.05) is 38.8 Å². The van der Waals surface area contributed by atoms with Gasteiger partial charge in [-0.3, -0.25) is 4.79 Å². The Hall–Kier alpha value is -2.76. The van der Waals surface area contributed by atoms with Crippen LogP contribution in [-0.2, 0) is 13.2 Å². The molecular formula is C15H14F3N7OS. The summed E-state index contributed by atoms with van der Waals surface area (Å²) in [5, 5.41) is 14.0. The minimum Gasteiger partial charge on any atom is -0.343 e. The quantitative estimate of drug-likeness (QED) is 0.656. The number of amides is 1. The second kappa shape index (κ2) is 6.44. The molecule has 142 valence electrons. The second-order valence-electron chi connectivity index (χ2n) is 6.08. The van der Waals surface area contributed by atoms with Crippen LogP contribution in [0.2, 0.25) is 0 Å². The Morgan fingerprint density at radius 1 is 1.11 bits per heavy atom. The lowest BCUT2D eigenvalue weighted by atomic mass is 10.1. The summed E-state index contributed by atoms with van der Waals surface area (Å²) < 4.78 is 39.6. The van der Waals surface area contributed by atoms with Crippen LogP contribution in [0.25, 0.3) is 11.0 Å². The van der Waals surface area contributed by atoms with Crippen LogP contribution in [0.4, 0.5) is 18.3 Å². The van der Waals surface area contributed by atoms with Crippen LogP contribution in [0.1, 0.15) is 15.4 Å². The molecule has 3 heterocycles. The molecular weight excluding hydrogens is 383 g/mol. The Bertz CT molecular complexity index is 991. The van der Waals surface area contributed by atoms with E-state index in [1.165, 1.54) is 0 Å². The molecule has 1 amide bonds. The van der Waals surface area contributed by atoms with E-state index < -0.39 is 11.2 Å². The third-order valence-corrected chi connectivity index (χ3v) is 5.38. The fourth-order valence-electron chi connectivity index (χ4n) is 2.91. The first kappa shape index (κ1) is 17.6. The van der Waals surface area contributed by atoms with Crippen LogP contribution >= 0.6 is 11.3 Å². The molecule has 0 N–H and O–H groups in total. The lowest BCUT2D eigenvalue weighted by Crippen LogP contribution is -2.48. The van der Waals surface area contributed by atoms with E-state index in [1.54, 1.807) is 39.7 Å². The summed E-state index contributed by atoms with van der Waals surface area (Å²) in [4.78, 5) is 16.1. The van der Waals surface area contributed by atoms with Gasteiger partial charge in [-0.25, -0.2) is 4.68 Å². The maximum absolute atomic E-state index is 12.7. The number of carbonyl (C=O) groups excluding carboxylic acids is 1. The number of alkyl halides is 3. The SMILES string of the molecule is Cn1nnc2cc(C(=O)N3CCN(c4nnc(C(F)(F)F)s4)CC3)ccc21. The predicted octanol–water partition coefficient (Wildman–Crippen LogP) is 1.80. The van der Waals surface area contributed by atoms with Crippen LogP contribution in [-0.4, -0.2) is 62.2 Å². The molecule has 3 aromatic rings. The van der Waals surface area contributed by atoms with Crippen molar-refractivity contribution in [3.05, 3.63) is 28.8 Å². The average molecular weight is 397 g/mol. The Balaban J connectivity index is 1.43. The van der Waals surface area contributed by atoms with Crippen molar-refractivity contribution in [2.75, 3.05) is 31.1 Å². The molecule has 4 rings (SSSR count). The van der Waals surface area contributed by atoms with Gasteiger partial charge in [0.25, 0.3) is 5.91 Å². The molecule has 8 nitrogen and oxygen atoms in total. The largest absolute Gasteiger partial charge is 0.445 e. The molecule has 1 saturated heterocycles. The molecule has 1 aliphatic rings. The zero-order valence-corrected chi connectivity index (χ0v) is 15.0. The smallest absolute Gasteiger partial charge is 0.343 e. The van der Waals surface area contributed by atoms with Gasteiger partial charge < -0.3 is 9.80 Å². The highest BCUT2D eigenvalue weighted by atomic mass is 32.1. The first-order chi connectivity index (χ1) is 12.8. The van der Waals surface area contributed by atoms with Crippen LogP contribution in [0.5, 0.6) is 0 Å². The number of carbonyl (C=O) groups is 1. The highest BCUT2D eigenvalue weighted by molar-refractivity contribution is 7.15. The van der Waals surface area contributed by atoms with Crippen LogP contribution < -0.4 is 4.90 Å². The van der Waals surface area contributed by atoms with Crippen molar-refractivity contribution in [1.82, 2.24) is 30.1 Å². The Morgan fingerprint density at radius 3 is 2.52 bits per heavy atom. The highest BCUT2D eigenvalue weighted by Gasteiger charge is 2.36. The molecule has 27 heavy (non-hydrogen) atoms. The first-order valence-corrected chi connectivity index (χ1v) is 8.89. The summed E-state index contributed by atoms with van der Waals surface area (Å²) in [6.07, 6.45) is -4.49. The Kier molecular flexibility index (Phi) is 4.21. The molecule has 0 atom stereocenters. The third kappa shape index (κ3) is 3.31. The second-order valence-corrected chi connectivity index (χ2v) is 7.04. The molecule has 0 bridgehead atoms. The van der Waals surface area contributed by atoms with Gasteiger partial charge in [0.1, 0.15) is 5.52 Å². The zero-order chi connectivity index (χ0) is 19.2. The summed E-state index contributed by atoms with van der Waals surface area (Å²) in [7, 11) is 1.77. The molecule has 12 heteroatoms. The van der Waals surface area contributed by atoms with Crippen LogP contribution in [0.15, 0.2) is 18.2 Å². The summed E-state index contributed by atoms with van der Waals surface area (Å²) in [6.45, 7) is 1.56. The number of aryl methyl sites for hydroxylation is 1. The molecule has 0 aliphatic carbocycles. The number of halogens is 3. The molecule has 0 spiro atoms. The number of hydrogen-bond acceptors (Lipinski definition) is 7. The first-order valence-electron chi connectivity index (χ1n) is 8.07. The number of hydrogen-bond donors (Lipinski definition) is 0. The average Bonchev–Trinajstić information content (AvgIpc) is 3.28. The van der Waals surface area contributed by atoms with Crippen LogP contribution in [0, 0.1) is 0 Å². The van der Waals surface area contributed by atoms with E-state index in [2.05, 4.69) is 20.5 Å². The molecule has 1 fully saturated rings. The molecule has 2 aromatic heterocycles. The van der Waals surface area contributed by atoms with Gasteiger partial charge in [0.2, 0.25) is 10.1 Å². The predicted molar refractivity (Wildman–Crippen MR) is 91.5 cm³/mol. The number of piperazine rings is 1. The van der Waals surface area contributed by atoms with Crippen molar-refractivity contribution in [2.24, 2.45) is 7.05 Å². The molecule has 0 unspecified atom stereocenters. The summed E-state index contributed by atoms with van der Waals surface area (Å²) >= 11 is 0.514. The van der Waals surface area contributed by atoms with E-state index >= 15 is 0 Å². The van der Waals surface area contributed by atoms with Crippen molar-refractivity contribution in [2.45, 2.75) is 6.18 Å². The van der Waals surface area contributed by atoms with Crippen molar-refractivity contribution in [1.29, 1.82) is 0 Å². The van der Waals surface area contributed by atoms with Gasteiger partial charge in [0.15, 0.2) is 0 Å². The standard InChI is InChI=1S/C15H14F3N7OS/c1-23-11-3-2-9(8-10(11)19-22-23)12(26)24-4-6-25(7-5-24)14-21-20-13(27-14)15(16,17)18/h2-3,8H,4-7H2,1H3. The van der Waals surface area contributed by atoms with Gasteiger partial charge in [0.05, 0.1) is 5.52 Å². The van der Waals surface area contributed by atoms with E-state index in [-0.39, 0.29) is 11.0 Å². The minimum absolute atomic E-state index is 0.143. The Labute approximate surface area is 155 Å². The maximum Gasteiger partial charge on any atom is 0.445 e.